The number of hydrogen-bond acceptors (Lipinski definition) is 3. The predicted molar refractivity (Wildman–Crippen MR) is 81.7 cm³/mol. The van der Waals surface area contributed by atoms with Gasteiger partial charge in [-0.25, -0.2) is 5.10 Å². The second kappa shape index (κ2) is 5.57. The zero-order valence-electron chi connectivity index (χ0n) is 11.8. The van der Waals surface area contributed by atoms with E-state index in [9.17, 15) is 0 Å². The van der Waals surface area contributed by atoms with E-state index in [1.54, 1.807) is 0 Å². The van der Waals surface area contributed by atoms with Gasteiger partial charge in [-0.3, -0.25) is 4.57 Å². The first-order valence-electron chi connectivity index (χ1n) is 6.55. The van der Waals surface area contributed by atoms with Gasteiger partial charge in [0.05, 0.1) is 0 Å². The van der Waals surface area contributed by atoms with Gasteiger partial charge < -0.3 is 4.90 Å². The quantitative estimate of drug-likeness (QED) is 0.858. The molecule has 1 N–H and O–H groups in total. The summed E-state index contributed by atoms with van der Waals surface area (Å²) >= 11 is 5.31. The number of hydrogen-bond donors (Lipinski definition) is 1. The van der Waals surface area contributed by atoms with Crippen LogP contribution >= 0.6 is 12.2 Å². The van der Waals surface area contributed by atoms with Crippen molar-refractivity contribution in [2.45, 2.75) is 33.7 Å². The first kappa shape index (κ1) is 13.8. The molecule has 2 aromatic rings. The molecule has 19 heavy (non-hydrogen) atoms. The van der Waals surface area contributed by atoms with Crippen LogP contribution in [0, 0.1) is 11.7 Å². The highest BCUT2D eigenvalue weighted by molar-refractivity contribution is 7.71. The van der Waals surface area contributed by atoms with Crippen molar-refractivity contribution in [3.63, 3.8) is 0 Å². The summed E-state index contributed by atoms with van der Waals surface area (Å²) < 4.78 is 2.70. The molecule has 1 heterocycles. The maximum Gasteiger partial charge on any atom is 0.230 e. The van der Waals surface area contributed by atoms with Gasteiger partial charge in [0.2, 0.25) is 5.95 Å². The van der Waals surface area contributed by atoms with E-state index in [-0.39, 0.29) is 6.04 Å². The van der Waals surface area contributed by atoms with Crippen molar-refractivity contribution in [2.24, 2.45) is 0 Å². The Kier molecular flexibility index (Phi) is 4.04. The first-order chi connectivity index (χ1) is 9.04. The summed E-state index contributed by atoms with van der Waals surface area (Å²) in [5.41, 5.74) is 2.38. The van der Waals surface area contributed by atoms with Crippen LogP contribution in [0.5, 0.6) is 0 Å². The molecule has 0 aliphatic carbocycles. The summed E-state index contributed by atoms with van der Waals surface area (Å²) in [4.78, 5) is 2.16. The highest BCUT2D eigenvalue weighted by atomic mass is 32.1. The number of aryl methyl sites for hydroxylation is 1. The van der Waals surface area contributed by atoms with Crippen LogP contribution in [0.1, 0.15) is 32.4 Å². The van der Waals surface area contributed by atoms with Crippen LogP contribution < -0.4 is 4.90 Å². The zero-order chi connectivity index (χ0) is 14.0. The Bertz CT molecular complexity index is 595. The third-order valence-corrected chi connectivity index (χ3v) is 3.39. The molecule has 0 radical (unpaired) electrons. The summed E-state index contributed by atoms with van der Waals surface area (Å²) in [6, 6.07) is 8.72. The Balaban J connectivity index is 2.48. The number of rotatable bonds is 4. The lowest BCUT2D eigenvalue weighted by Gasteiger charge is -2.23. The topological polar surface area (TPSA) is 36.9 Å². The highest BCUT2D eigenvalue weighted by Gasteiger charge is 2.16. The van der Waals surface area contributed by atoms with Crippen LogP contribution in [0.3, 0.4) is 0 Å². The Morgan fingerprint density at radius 3 is 2.47 bits per heavy atom. The van der Waals surface area contributed by atoms with E-state index >= 15 is 0 Å². The van der Waals surface area contributed by atoms with Gasteiger partial charge in [-0.1, -0.05) is 17.7 Å². The van der Waals surface area contributed by atoms with E-state index < -0.39 is 0 Å². The van der Waals surface area contributed by atoms with Crippen LogP contribution in [0.15, 0.2) is 24.3 Å². The van der Waals surface area contributed by atoms with E-state index in [1.807, 2.05) is 4.57 Å². The van der Waals surface area contributed by atoms with Crippen LogP contribution in [0.25, 0.3) is 0 Å². The van der Waals surface area contributed by atoms with Crippen LogP contribution in [0.2, 0.25) is 0 Å². The van der Waals surface area contributed by atoms with Crippen molar-refractivity contribution in [1.29, 1.82) is 0 Å². The molecule has 2 rings (SSSR count). The molecule has 0 saturated heterocycles. The lowest BCUT2D eigenvalue weighted by Crippen LogP contribution is -2.21. The van der Waals surface area contributed by atoms with Crippen molar-refractivity contribution >= 4 is 23.9 Å². The molecule has 0 saturated carbocycles. The Hall–Kier alpha value is -1.62. The molecular weight excluding hydrogens is 256 g/mol. The minimum Gasteiger partial charge on any atom is -0.311 e. The average Bonchev–Trinajstić information content (AvgIpc) is 2.75. The smallest absolute Gasteiger partial charge is 0.230 e. The van der Waals surface area contributed by atoms with Crippen LogP contribution in [-0.2, 0) is 0 Å². The van der Waals surface area contributed by atoms with E-state index in [1.165, 1.54) is 5.56 Å². The maximum atomic E-state index is 5.31. The van der Waals surface area contributed by atoms with Crippen molar-refractivity contribution in [3.05, 3.63) is 34.6 Å². The SMILES string of the molecule is CCN(c1ccc(C)cc1)c1n[nH]c(=S)n1C(C)C. The van der Waals surface area contributed by atoms with E-state index in [0.29, 0.717) is 4.77 Å². The Morgan fingerprint density at radius 1 is 1.32 bits per heavy atom. The zero-order valence-corrected chi connectivity index (χ0v) is 12.7. The fourth-order valence-corrected chi connectivity index (χ4v) is 2.45. The van der Waals surface area contributed by atoms with Gasteiger partial charge in [-0.05, 0) is 52.0 Å². The molecule has 0 aliphatic heterocycles. The first-order valence-corrected chi connectivity index (χ1v) is 6.96. The molecule has 1 aromatic carbocycles. The largest absolute Gasteiger partial charge is 0.311 e. The maximum absolute atomic E-state index is 5.31. The molecule has 0 aliphatic rings. The summed E-state index contributed by atoms with van der Waals surface area (Å²) in [5, 5.41) is 7.27. The van der Waals surface area contributed by atoms with Crippen molar-refractivity contribution in [1.82, 2.24) is 14.8 Å². The third kappa shape index (κ3) is 2.71. The number of H-pyrrole nitrogens is 1. The van der Waals surface area contributed by atoms with Gasteiger partial charge >= 0.3 is 0 Å². The minimum absolute atomic E-state index is 0.278. The number of nitrogens with zero attached hydrogens (tertiary/aromatic N) is 3. The van der Waals surface area contributed by atoms with Gasteiger partial charge in [0.25, 0.3) is 0 Å². The lowest BCUT2D eigenvalue weighted by atomic mass is 10.2. The van der Waals surface area contributed by atoms with Gasteiger partial charge in [0, 0.05) is 18.3 Å². The van der Waals surface area contributed by atoms with Gasteiger partial charge in [-0.2, -0.15) is 0 Å². The number of benzene rings is 1. The molecular formula is C14H20N4S. The molecule has 5 heteroatoms. The Labute approximate surface area is 119 Å². The number of aromatic nitrogens is 3. The second-order valence-corrected chi connectivity index (χ2v) is 5.26. The number of aromatic amines is 1. The third-order valence-electron chi connectivity index (χ3n) is 3.11. The molecule has 0 unspecified atom stereocenters. The lowest BCUT2D eigenvalue weighted by molar-refractivity contribution is 0.588. The molecule has 0 bridgehead atoms. The minimum atomic E-state index is 0.278. The molecule has 102 valence electrons. The average molecular weight is 276 g/mol. The summed E-state index contributed by atoms with van der Waals surface area (Å²) in [6.07, 6.45) is 0. The van der Waals surface area contributed by atoms with E-state index in [2.05, 4.69) is 67.1 Å². The monoisotopic (exact) mass is 276 g/mol. The molecule has 0 fully saturated rings. The van der Waals surface area contributed by atoms with Crippen LogP contribution in [0.4, 0.5) is 11.6 Å². The number of nitrogens with one attached hydrogen (secondary N) is 1. The van der Waals surface area contributed by atoms with Crippen molar-refractivity contribution in [2.75, 3.05) is 11.4 Å². The summed E-state index contributed by atoms with van der Waals surface area (Å²) in [6.45, 7) is 9.26. The van der Waals surface area contributed by atoms with Gasteiger partial charge in [0.15, 0.2) is 4.77 Å². The molecule has 0 amide bonds. The van der Waals surface area contributed by atoms with Crippen LogP contribution in [-0.4, -0.2) is 21.3 Å². The van der Waals surface area contributed by atoms with Gasteiger partial charge in [0.1, 0.15) is 0 Å². The van der Waals surface area contributed by atoms with Gasteiger partial charge in [-0.15, -0.1) is 5.10 Å². The van der Waals surface area contributed by atoms with E-state index in [4.69, 9.17) is 12.2 Å². The Morgan fingerprint density at radius 2 is 1.95 bits per heavy atom. The fraction of sp³-hybridized carbons (Fsp3) is 0.429. The molecule has 1 aromatic heterocycles. The molecule has 0 atom stereocenters. The van der Waals surface area contributed by atoms with Crippen molar-refractivity contribution < 1.29 is 0 Å². The summed E-state index contributed by atoms with van der Waals surface area (Å²) in [5.74, 6) is 0.867. The highest BCUT2D eigenvalue weighted by Crippen LogP contribution is 2.25. The summed E-state index contributed by atoms with van der Waals surface area (Å²) in [7, 11) is 0. The normalized spacial score (nSPS) is 11.0. The van der Waals surface area contributed by atoms with E-state index in [0.717, 1.165) is 18.2 Å². The predicted octanol–water partition coefficient (Wildman–Crippen LogP) is 3.99. The second-order valence-electron chi connectivity index (χ2n) is 4.87. The standard InChI is InChI=1S/C14H20N4S/c1-5-17(12-8-6-11(4)7-9-12)13-15-16-14(19)18(13)10(2)3/h6-10H,5H2,1-4H3,(H,16,19). The van der Waals surface area contributed by atoms with Crippen molar-refractivity contribution in [3.8, 4) is 0 Å². The fourth-order valence-electron chi connectivity index (χ4n) is 2.12. The number of anilines is 2. The molecule has 4 nitrogen and oxygen atoms in total. The molecule has 0 spiro atoms.